The molecule has 1 aromatic rings. The number of piperidine rings is 1. The molecule has 0 amide bonds. The summed E-state index contributed by atoms with van der Waals surface area (Å²) in [5.74, 6) is 2.60. The van der Waals surface area contributed by atoms with E-state index in [2.05, 4.69) is 36.1 Å². The van der Waals surface area contributed by atoms with E-state index in [9.17, 15) is 5.11 Å². The van der Waals surface area contributed by atoms with Gasteiger partial charge in [-0.05, 0) is 69.5 Å². The molecular formula is C28H37NO4. The Morgan fingerprint density at radius 2 is 2.06 bits per heavy atom. The van der Waals surface area contributed by atoms with Crippen molar-refractivity contribution in [3.8, 4) is 11.5 Å². The van der Waals surface area contributed by atoms with Gasteiger partial charge in [0.05, 0.1) is 18.1 Å². The van der Waals surface area contributed by atoms with Crippen LogP contribution in [0.25, 0.3) is 0 Å². The lowest BCUT2D eigenvalue weighted by molar-refractivity contribution is -0.248. The van der Waals surface area contributed by atoms with E-state index in [1.165, 1.54) is 30.5 Å². The van der Waals surface area contributed by atoms with E-state index < -0.39 is 11.2 Å². The zero-order valence-electron chi connectivity index (χ0n) is 20.4. The Morgan fingerprint density at radius 1 is 1.24 bits per heavy atom. The van der Waals surface area contributed by atoms with Gasteiger partial charge < -0.3 is 19.3 Å². The molecule has 7 atom stereocenters. The van der Waals surface area contributed by atoms with E-state index in [-0.39, 0.29) is 22.9 Å². The van der Waals surface area contributed by atoms with Crippen LogP contribution in [0.1, 0.15) is 57.1 Å². The predicted molar refractivity (Wildman–Crippen MR) is 126 cm³/mol. The van der Waals surface area contributed by atoms with Crippen LogP contribution >= 0.6 is 0 Å². The second-order valence-corrected chi connectivity index (χ2v) is 11.9. The normalized spacial score (nSPS) is 43.7. The Labute approximate surface area is 197 Å². The van der Waals surface area contributed by atoms with Gasteiger partial charge in [0.1, 0.15) is 11.7 Å². The van der Waals surface area contributed by atoms with E-state index >= 15 is 0 Å². The number of aliphatic hydroxyl groups is 1. The van der Waals surface area contributed by atoms with E-state index in [0.717, 1.165) is 43.2 Å². The van der Waals surface area contributed by atoms with Crippen LogP contribution in [0.5, 0.6) is 11.5 Å². The van der Waals surface area contributed by atoms with Crippen LogP contribution in [-0.2, 0) is 16.6 Å². The Balaban J connectivity index is 1.50. The van der Waals surface area contributed by atoms with Gasteiger partial charge >= 0.3 is 0 Å². The number of methoxy groups -OCH3 is 2. The Bertz CT molecular complexity index is 1050. The summed E-state index contributed by atoms with van der Waals surface area (Å²) in [4.78, 5) is 2.80. The van der Waals surface area contributed by atoms with Gasteiger partial charge in [-0.15, -0.1) is 0 Å². The van der Waals surface area contributed by atoms with Gasteiger partial charge in [0.15, 0.2) is 11.5 Å². The lowest BCUT2D eigenvalue weighted by atomic mass is 9.36. The molecule has 178 valence electrons. The number of nitrogens with zero attached hydrogens (tertiary/aromatic N) is 1. The predicted octanol–water partition coefficient (Wildman–Crippen LogP) is 3.86. The topological polar surface area (TPSA) is 51.2 Å². The van der Waals surface area contributed by atoms with Crippen molar-refractivity contribution in [3.63, 3.8) is 0 Å². The van der Waals surface area contributed by atoms with Crippen LogP contribution in [0.4, 0.5) is 0 Å². The minimum atomic E-state index is -0.826. The highest BCUT2D eigenvalue weighted by atomic mass is 16.6. The lowest BCUT2D eigenvalue weighted by Gasteiger charge is -2.72. The van der Waals surface area contributed by atoms with Crippen molar-refractivity contribution in [1.82, 2.24) is 4.90 Å². The van der Waals surface area contributed by atoms with Gasteiger partial charge in [-0.1, -0.05) is 25.1 Å². The zero-order valence-corrected chi connectivity index (χ0v) is 20.4. The van der Waals surface area contributed by atoms with Gasteiger partial charge in [-0.2, -0.15) is 0 Å². The molecule has 1 unspecified atom stereocenters. The molecule has 5 heteroatoms. The molecule has 5 aliphatic carbocycles. The van der Waals surface area contributed by atoms with Crippen LogP contribution in [0, 0.1) is 17.3 Å². The summed E-state index contributed by atoms with van der Waals surface area (Å²) in [5, 5.41) is 11.7. The van der Waals surface area contributed by atoms with Gasteiger partial charge in [0.2, 0.25) is 0 Å². The number of likely N-dealkylation sites (tertiary alicyclic amines) is 1. The molecule has 1 aromatic carbocycles. The lowest BCUT2D eigenvalue weighted by Crippen LogP contribution is -2.80. The largest absolute Gasteiger partial charge is 0.493 e. The Kier molecular flexibility index (Phi) is 4.00. The molecule has 2 aliphatic heterocycles. The molecule has 1 saturated heterocycles. The molecule has 33 heavy (non-hydrogen) atoms. The molecule has 1 N–H and O–H groups in total. The first-order chi connectivity index (χ1) is 15.9. The van der Waals surface area contributed by atoms with Crippen LogP contribution in [0.15, 0.2) is 24.3 Å². The molecule has 7 aliphatic rings. The molecular weight excluding hydrogens is 414 g/mol. The fourth-order valence-electron chi connectivity index (χ4n) is 8.88. The van der Waals surface area contributed by atoms with Crippen LogP contribution in [0.3, 0.4) is 0 Å². The molecule has 2 heterocycles. The number of fused-ring (bicyclic) bond motifs is 1. The van der Waals surface area contributed by atoms with E-state index in [1.807, 2.05) is 14.0 Å². The summed E-state index contributed by atoms with van der Waals surface area (Å²) in [6.07, 6.45) is 11.2. The highest BCUT2D eigenvalue weighted by Gasteiger charge is 2.80. The first-order valence-electron chi connectivity index (χ1n) is 13.0. The highest BCUT2D eigenvalue weighted by molar-refractivity contribution is 5.65. The maximum atomic E-state index is 11.7. The summed E-state index contributed by atoms with van der Waals surface area (Å²) < 4.78 is 19.3. The minimum absolute atomic E-state index is 0.0200. The van der Waals surface area contributed by atoms with Crippen molar-refractivity contribution in [2.24, 2.45) is 17.3 Å². The van der Waals surface area contributed by atoms with Crippen molar-refractivity contribution >= 4 is 0 Å². The van der Waals surface area contributed by atoms with E-state index in [4.69, 9.17) is 14.2 Å². The van der Waals surface area contributed by atoms with E-state index in [0.29, 0.717) is 12.5 Å². The van der Waals surface area contributed by atoms with Gasteiger partial charge in [0.25, 0.3) is 0 Å². The summed E-state index contributed by atoms with van der Waals surface area (Å²) in [6.45, 7) is 6.42. The number of rotatable bonds is 6. The molecule has 5 nitrogen and oxygen atoms in total. The third-order valence-corrected chi connectivity index (χ3v) is 10.8. The van der Waals surface area contributed by atoms with Crippen molar-refractivity contribution in [1.29, 1.82) is 0 Å². The SMILES string of the molecule is CC[C@@](C)(O)[C@H]1C[C@@]23C=CC1(OC)[C@@H]1Oc4c(OC)ccc5c4[C@@]12CCN(CC1CC1)[C@@H]3C5. The minimum Gasteiger partial charge on any atom is -0.493 e. The quantitative estimate of drug-likeness (QED) is 0.666. The fraction of sp³-hybridized carbons (Fsp3) is 0.714. The average Bonchev–Trinajstić information content (AvgIpc) is 3.57. The van der Waals surface area contributed by atoms with Crippen LogP contribution in [0.2, 0.25) is 0 Å². The maximum Gasteiger partial charge on any atom is 0.166 e. The summed E-state index contributed by atoms with van der Waals surface area (Å²) >= 11 is 0. The fourth-order valence-corrected chi connectivity index (χ4v) is 8.88. The Hall–Kier alpha value is -1.56. The second kappa shape index (κ2) is 6.35. The second-order valence-electron chi connectivity index (χ2n) is 11.9. The maximum absolute atomic E-state index is 11.7. The third kappa shape index (κ3) is 2.21. The monoisotopic (exact) mass is 451 g/mol. The molecule has 0 radical (unpaired) electrons. The summed E-state index contributed by atoms with van der Waals surface area (Å²) in [5.41, 5.74) is 1.15. The van der Waals surface area contributed by atoms with Crippen molar-refractivity contribution in [2.45, 2.75) is 81.1 Å². The van der Waals surface area contributed by atoms with Gasteiger partial charge in [-0.25, -0.2) is 0 Å². The van der Waals surface area contributed by atoms with Crippen LogP contribution < -0.4 is 9.47 Å². The van der Waals surface area contributed by atoms with Crippen molar-refractivity contribution < 1.29 is 19.3 Å². The molecule has 0 aromatic heterocycles. The van der Waals surface area contributed by atoms with E-state index in [1.54, 1.807) is 7.11 Å². The number of hydrogen-bond acceptors (Lipinski definition) is 5. The van der Waals surface area contributed by atoms with Crippen molar-refractivity contribution in [3.05, 3.63) is 35.4 Å². The van der Waals surface area contributed by atoms with Gasteiger partial charge in [0, 0.05) is 36.6 Å². The van der Waals surface area contributed by atoms with Crippen LogP contribution in [-0.4, -0.2) is 60.7 Å². The Morgan fingerprint density at radius 3 is 2.76 bits per heavy atom. The third-order valence-electron chi connectivity index (χ3n) is 10.8. The standard InChI is InChI=1S/C28H37NO4/c1-5-25(2,30)20-15-26-10-11-28(20,32-4)24-27(26)12-13-29(16-17-6-7-17)21(26)14-18-8-9-19(31-3)23(33-24)22(18)27/h8-11,17,20-21,24,30H,5-7,12-16H2,1-4H3/t20-,21-,24-,25-,26-,27+,28?/m1/s1. The van der Waals surface area contributed by atoms with Gasteiger partial charge in [-0.3, -0.25) is 4.90 Å². The summed E-state index contributed by atoms with van der Waals surface area (Å²) in [7, 11) is 3.55. The number of hydrogen-bond donors (Lipinski definition) is 1. The number of ether oxygens (including phenoxy) is 3. The average molecular weight is 452 g/mol. The molecule has 4 bridgehead atoms. The zero-order chi connectivity index (χ0) is 22.8. The summed E-state index contributed by atoms with van der Waals surface area (Å²) in [6, 6.07) is 4.82. The highest BCUT2D eigenvalue weighted by Crippen LogP contribution is 2.75. The van der Waals surface area contributed by atoms with Crippen molar-refractivity contribution in [2.75, 3.05) is 27.3 Å². The molecule has 8 rings (SSSR count). The number of benzene rings is 1. The first kappa shape index (κ1) is 20.8. The molecule has 2 saturated carbocycles. The molecule has 2 spiro atoms. The smallest absolute Gasteiger partial charge is 0.166 e. The first-order valence-corrected chi connectivity index (χ1v) is 13.0. The molecule has 3 fully saturated rings.